The fraction of sp³-hybridized carbons (Fsp3) is 0.217. The van der Waals surface area contributed by atoms with Crippen molar-refractivity contribution in [3.8, 4) is 5.75 Å². The van der Waals surface area contributed by atoms with Crippen molar-refractivity contribution >= 4 is 34.0 Å². The van der Waals surface area contributed by atoms with Gasteiger partial charge in [0.15, 0.2) is 6.61 Å². The van der Waals surface area contributed by atoms with E-state index in [-0.39, 0.29) is 18.4 Å². The molecule has 0 atom stereocenters. The molecular formula is C23H20N2O3. The fourth-order valence-corrected chi connectivity index (χ4v) is 4.13. The maximum Gasteiger partial charge on any atom is 0.262 e. The van der Waals surface area contributed by atoms with Crippen molar-refractivity contribution in [2.24, 2.45) is 0 Å². The molecule has 2 amide bonds. The van der Waals surface area contributed by atoms with Crippen molar-refractivity contribution < 1.29 is 14.3 Å². The fourth-order valence-electron chi connectivity index (χ4n) is 4.13. The largest absolute Gasteiger partial charge is 0.484 e. The van der Waals surface area contributed by atoms with Gasteiger partial charge >= 0.3 is 0 Å². The van der Waals surface area contributed by atoms with Crippen LogP contribution in [0.3, 0.4) is 0 Å². The number of anilines is 2. The number of hydrogen-bond acceptors (Lipinski definition) is 3. The Morgan fingerprint density at radius 1 is 0.964 bits per heavy atom. The van der Waals surface area contributed by atoms with E-state index in [0.717, 1.165) is 52.7 Å². The van der Waals surface area contributed by atoms with Gasteiger partial charge < -0.3 is 15.0 Å². The van der Waals surface area contributed by atoms with Crippen LogP contribution in [0.2, 0.25) is 0 Å². The Morgan fingerprint density at radius 3 is 2.61 bits per heavy atom. The summed E-state index contributed by atoms with van der Waals surface area (Å²) in [6, 6.07) is 17.8. The van der Waals surface area contributed by atoms with Crippen molar-refractivity contribution in [2.75, 3.05) is 23.4 Å². The van der Waals surface area contributed by atoms with E-state index in [1.54, 1.807) is 0 Å². The van der Waals surface area contributed by atoms with Gasteiger partial charge in [0.2, 0.25) is 5.91 Å². The average Bonchev–Trinajstić information content (AvgIpc) is 3.14. The zero-order chi connectivity index (χ0) is 19.1. The number of fused-ring (bicyclic) bond motifs is 1. The first-order valence-corrected chi connectivity index (χ1v) is 9.55. The van der Waals surface area contributed by atoms with Crippen molar-refractivity contribution in [2.45, 2.75) is 19.3 Å². The number of nitrogens with one attached hydrogen (secondary N) is 1. The summed E-state index contributed by atoms with van der Waals surface area (Å²) in [4.78, 5) is 26.3. The van der Waals surface area contributed by atoms with Gasteiger partial charge in [-0.15, -0.1) is 0 Å². The summed E-state index contributed by atoms with van der Waals surface area (Å²) in [6.07, 6.45) is 2.11. The van der Waals surface area contributed by atoms with Crippen LogP contribution in [-0.2, 0) is 22.4 Å². The van der Waals surface area contributed by atoms with Crippen LogP contribution in [-0.4, -0.2) is 25.0 Å². The van der Waals surface area contributed by atoms with E-state index < -0.39 is 0 Å². The lowest BCUT2D eigenvalue weighted by Gasteiger charge is -2.25. The number of hydrogen-bond donors (Lipinski definition) is 1. The molecule has 0 bridgehead atoms. The third kappa shape index (κ3) is 2.99. The molecule has 140 valence electrons. The van der Waals surface area contributed by atoms with E-state index in [9.17, 15) is 9.59 Å². The average molecular weight is 372 g/mol. The quantitative estimate of drug-likeness (QED) is 0.760. The number of ether oxygens (including phenoxy) is 1. The van der Waals surface area contributed by atoms with Crippen molar-refractivity contribution in [1.82, 2.24) is 0 Å². The maximum atomic E-state index is 12.4. The molecule has 0 unspecified atom stereocenters. The van der Waals surface area contributed by atoms with Gasteiger partial charge in [0, 0.05) is 18.7 Å². The van der Waals surface area contributed by atoms with Gasteiger partial charge in [0.05, 0.1) is 5.69 Å². The van der Waals surface area contributed by atoms with Crippen LogP contribution < -0.4 is 15.0 Å². The third-order valence-electron chi connectivity index (χ3n) is 5.43. The standard InChI is InChI=1S/C23H20N2O3/c26-21(14-28-20-7-5-15-3-1-2-4-16(15)13-20)24-19-11-17-6-8-22(27)25-10-9-18(12-19)23(17)25/h1-5,7,11-13H,6,8-10,14H2,(H,24,26). The van der Waals surface area contributed by atoms with Crippen LogP contribution in [0, 0.1) is 0 Å². The molecule has 0 spiro atoms. The topological polar surface area (TPSA) is 58.6 Å². The summed E-state index contributed by atoms with van der Waals surface area (Å²) in [7, 11) is 0. The monoisotopic (exact) mass is 372 g/mol. The van der Waals surface area contributed by atoms with Crippen LogP contribution in [0.1, 0.15) is 17.5 Å². The van der Waals surface area contributed by atoms with Crippen molar-refractivity contribution in [3.63, 3.8) is 0 Å². The second kappa shape index (κ2) is 6.68. The first-order chi connectivity index (χ1) is 13.7. The van der Waals surface area contributed by atoms with Crippen LogP contribution in [0.5, 0.6) is 5.75 Å². The highest BCUT2D eigenvalue weighted by molar-refractivity contribution is 6.00. The summed E-state index contributed by atoms with van der Waals surface area (Å²) in [5, 5.41) is 5.16. The maximum absolute atomic E-state index is 12.4. The van der Waals surface area contributed by atoms with E-state index in [4.69, 9.17) is 4.74 Å². The minimum absolute atomic E-state index is 0.0463. The molecular weight excluding hydrogens is 352 g/mol. The lowest BCUT2D eigenvalue weighted by atomic mass is 9.98. The molecule has 5 heteroatoms. The van der Waals surface area contributed by atoms with Gasteiger partial charge in [-0.1, -0.05) is 30.3 Å². The number of nitrogens with zero attached hydrogens (tertiary/aromatic N) is 1. The first kappa shape index (κ1) is 16.8. The Morgan fingerprint density at radius 2 is 1.75 bits per heavy atom. The molecule has 2 aliphatic rings. The molecule has 0 saturated heterocycles. The van der Waals surface area contributed by atoms with Crippen molar-refractivity contribution in [3.05, 3.63) is 65.7 Å². The lowest BCUT2D eigenvalue weighted by Crippen LogP contribution is -2.32. The van der Waals surface area contributed by atoms with Gasteiger partial charge in [0.25, 0.3) is 5.91 Å². The normalized spacial score (nSPS) is 14.9. The predicted octanol–water partition coefficient (Wildman–Crippen LogP) is 3.69. The summed E-state index contributed by atoms with van der Waals surface area (Å²) in [6.45, 7) is 0.693. The Bertz CT molecular complexity index is 1110. The minimum Gasteiger partial charge on any atom is -0.484 e. The molecule has 5 rings (SSSR count). The highest BCUT2D eigenvalue weighted by Crippen LogP contribution is 2.38. The Kier molecular flexibility index (Phi) is 4.01. The zero-order valence-corrected chi connectivity index (χ0v) is 15.4. The molecule has 0 aliphatic carbocycles. The van der Waals surface area contributed by atoms with E-state index in [1.807, 2.05) is 59.5 Å². The van der Waals surface area contributed by atoms with Gasteiger partial charge in [-0.2, -0.15) is 0 Å². The molecule has 0 aromatic heterocycles. The van der Waals surface area contributed by atoms with E-state index >= 15 is 0 Å². The third-order valence-corrected chi connectivity index (χ3v) is 5.43. The van der Waals surface area contributed by atoms with Gasteiger partial charge in [-0.25, -0.2) is 0 Å². The molecule has 2 heterocycles. The van der Waals surface area contributed by atoms with Crippen LogP contribution in [0.4, 0.5) is 11.4 Å². The van der Waals surface area contributed by atoms with Gasteiger partial charge in [-0.05, 0) is 59.0 Å². The summed E-state index contributed by atoms with van der Waals surface area (Å²) in [5.74, 6) is 0.681. The van der Waals surface area contributed by atoms with Crippen LogP contribution in [0.25, 0.3) is 10.8 Å². The molecule has 28 heavy (non-hydrogen) atoms. The molecule has 0 radical (unpaired) electrons. The Balaban J connectivity index is 1.28. The van der Waals surface area contributed by atoms with E-state index in [2.05, 4.69) is 5.32 Å². The number of amides is 2. The number of carbonyl (C=O) groups is 2. The molecule has 3 aromatic carbocycles. The number of carbonyl (C=O) groups excluding carboxylic acids is 2. The lowest BCUT2D eigenvalue weighted by molar-refractivity contribution is -0.119. The molecule has 2 aliphatic heterocycles. The second-order valence-corrected chi connectivity index (χ2v) is 7.28. The predicted molar refractivity (Wildman–Crippen MR) is 109 cm³/mol. The summed E-state index contributed by atoms with van der Waals surface area (Å²) in [5.41, 5.74) is 4.11. The molecule has 3 aromatic rings. The molecule has 0 saturated carbocycles. The molecule has 0 fully saturated rings. The number of benzene rings is 3. The summed E-state index contributed by atoms with van der Waals surface area (Å²) >= 11 is 0. The number of aryl methyl sites for hydroxylation is 1. The Labute approximate surface area is 162 Å². The molecule has 5 nitrogen and oxygen atoms in total. The van der Waals surface area contributed by atoms with Gasteiger partial charge in [0.1, 0.15) is 5.75 Å². The first-order valence-electron chi connectivity index (χ1n) is 9.55. The van der Waals surface area contributed by atoms with Crippen molar-refractivity contribution in [1.29, 1.82) is 0 Å². The van der Waals surface area contributed by atoms with Crippen LogP contribution >= 0.6 is 0 Å². The van der Waals surface area contributed by atoms with E-state index in [0.29, 0.717) is 12.2 Å². The highest BCUT2D eigenvalue weighted by atomic mass is 16.5. The Hall–Kier alpha value is -3.34. The smallest absolute Gasteiger partial charge is 0.262 e. The zero-order valence-electron chi connectivity index (χ0n) is 15.4. The second-order valence-electron chi connectivity index (χ2n) is 7.28. The summed E-state index contributed by atoms with van der Waals surface area (Å²) < 4.78 is 5.67. The highest BCUT2D eigenvalue weighted by Gasteiger charge is 2.31. The van der Waals surface area contributed by atoms with Gasteiger partial charge in [-0.3, -0.25) is 9.59 Å². The van der Waals surface area contributed by atoms with Crippen LogP contribution in [0.15, 0.2) is 54.6 Å². The minimum atomic E-state index is -0.193. The number of rotatable bonds is 4. The molecule has 1 N–H and O–H groups in total. The van der Waals surface area contributed by atoms with E-state index in [1.165, 1.54) is 0 Å². The SMILES string of the molecule is O=C(COc1ccc2ccccc2c1)Nc1cc2c3c(c1)CCN3C(=O)CC2.